The van der Waals surface area contributed by atoms with Crippen LogP contribution in [-0.4, -0.2) is 32.6 Å². The lowest BCUT2D eigenvalue weighted by Gasteiger charge is -2.26. The summed E-state index contributed by atoms with van der Waals surface area (Å²) < 4.78 is 12.6. The van der Waals surface area contributed by atoms with Crippen LogP contribution in [0.2, 0.25) is 0 Å². The molecular weight excluding hydrogens is 532 g/mol. The van der Waals surface area contributed by atoms with Crippen molar-refractivity contribution >= 4 is 22.9 Å². The Bertz CT molecular complexity index is 1450. The molecule has 2 unspecified atom stereocenters. The molecule has 0 saturated heterocycles. The van der Waals surface area contributed by atoms with Gasteiger partial charge in [-0.2, -0.15) is 0 Å². The number of aryl methyl sites for hydroxylation is 2. The van der Waals surface area contributed by atoms with Crippen molar-refractivity contribution in [3.05, 3.63) is 83.6 Å². The van der Waals surface area contributed by atoms with Crippen molar-refractivity contribution in [2.75, 3.05) is 36.5 Å². The molecule has 1 aliphatic heterocycles. The van der Waals surface area contributed by atoms with Crippen molar-refractivity contribution in [3.8, 4) is 17.2 Å². The van der Waals surface area contributed by atoms with Crippen LogP contribution in [0, 0.1) is 19.8 Å². The molecule has 0 saturated carbocycles. The van der Waals surface area contributed by atoms with Gasteiger partial charge in [0.25, 0.3) is 0 Å². The van der Waals surface area contributed by atoms with Crippen molar-refractivity contribution in [3.63, 3.8) is 0 Å². The summed E-state index contributed by atoms with van der Waals surface area (Å²) in [6.45, 7) is 19.7. The van der Waals surface area contributed by atoms with Gasteiger partial charge in [-0.05, 0) is 104 Å². The number of nitrogens with two attached hydrogens (primary N) is 1. The van der Waals surface area contributed by atoms with Crippen molar-refractivity contribution in [1.82, 2.24) is 0 Å². The second-order valence-electron chi connectivity index (χ2n) is 12.1. The zero-order valence-corrected chi connectivity index (χ0v) is 27.2. The van der Waals surface area contributed by atoms with Gasteiger partial charge >= 0.3 is 0 Å². The Hall–Kier alpha value is -3.93. The van der Waals surface area contributed by atoms with Crippen LogP contribution in [0.1, 0.15) is 81.5 Å². The number of benzene rings is 3. The van der Waals surface area contributed by atoms with Crippen LogP contribution in [0.15, 0.2) is 66.3 Å². The van der Waals surface area contributed by atoms with Crippen molar-refractivity contribution in [2.24, 2.45) is 16.6 Å². The first-order valence-electron chi connectivity index (χ1n) is 15.8. The number of hydrogen-bond acceptors (Lipinski definition) is 5. The number of aliphatic imine (C=N–C) groups is 1. The maximum atomic E-state index is 6.66. The molecule has 3 aromatic carbocycles. The topological polar surface area (TPSA) is 63.3 Å². The molecule has 0 fully saturated rings. The Labute approximate surface area is 259 Å². The van der Waals surface area contributed by atoms with Crippen molar-refractivity contribution in [1.29, 1.82) is 0 Å². The van der Waals surface area contributed by atoms with Crippen LogP contribution in [0.25, 0.3) is 0 Å². The van der Waals surface area contributed by atoms with E-state index < -0.39 is 0 Å². The number of anilines is 2. The SMILES string of the molecule is C=CN(C)c1ccc(Oc2ccc(N=C(N)c3cc4c(cc3C)OCC(C)CN4CCCCC)cc2C)cc1C(C)CC. The fourth-order valence-electron chi connectivity index (χ4n) is 5.61. The lowest BCUT2D eigenvalue weighted by Crippen LogP contribution is -2.29. The van der Waals surface area contributed by atoms with Crippen LogP contribution in [0.5, 0.6) is 17.2 Å². The van der Waals surface area contributed by atoms with Crippen LogP contribution in [0.3, 0.4) is 0 Å². The standard InChI is InChI=1S/C37H50N4O2/c1-9-12-13-18-41-23-25(4)24-42-36-20-27(6)32(22-34(36)41)37(38)39-29-14-17-35(28(7)19-29)43-30-15-16-33(40(8)11-3)31(21-30)26(5)10-2/h11,14-17,19-22,25-26H,3,9-10,12-13,18,23-24H2,1-2,4-8H3,(H2,38,39). The van der Waals surface area contributed by atoms with E-state index >= 15 is 0 Å². The van der Waals surface area contributed by atoms with E-state index in [1.807, 2.05) is 44.4 Å². The van der Waals surface area contributed by atoms with Gasteiger partial charge in [-0.3, -0.25) is 0 Å². The minimum Gasteiger partial charge on any atom is -0.491 e. The third kappa shape index (κ3) is 7.73. The lowest BCUT2D eigenvalue weighted by molar-refractivity contribution is 0.273. The lowest BCUT2D eigenvalue weighted by atomic mass is 9.96. The number of ether oxygens (including phenoxy) is 2. The average Bonchev–Trinajstić information content (AvgIpc) is 3.14. The Balaban J connectivity index is 1.59. The first-order valence-corrected chi connectivity index (χ1v) is 15.8. The van der Waals surface area contributed by atoms with E-state index in [0.717, 1.165) is 83.5 Å². The van der Waals surface area contributed by atoms with Gasteiger partial charge in [-0.15, -0.1) is 0 Å². The van der Waals surface area contributed by atoms with Crippen molar-refractivity contribution < 1.29 is 9.47 Å². The number of fused-ring (bicyclic) bond motifs is 1. The van der Waals surface area contributed by atoms with Gasteiger partial charge < -0.3 is 25.0 Å². The summed E-state index contributed by atoms with van der Waals surface area (Å²) in [6, 6.07) is 16.5. The zero-order chi connectivity index (χ0) is 31.1. The van der Waals surface area contributed by atoms with Crippen LogP contribution in [-0.2, 0) is 0 Å². The maximum Gasteiger partial charge on any atom is 0.142 e. The third-order valence-corrected chi connectivity index (χ3v) is 8.44. The Morgan fingerprint density at radius 3 is 2.63 bits per heavy atom. The molecule has 230 valence electrons. The van der Waals surface area contributed by atoms with Gasteiger partial charge in [0, 0.05) is 37.3 Å². The van der Waals surface area contributed by atoms with E-state index in [4.69, 9.17) is 20.2 Å². The molecule has 0 radical (unpaired) electrons. The molecule has 3 aromatic rings. The molecule has 0 spiro atoms. The molecule has 43 heavy (non-hydrogen) atoms. The monoisotopic (exact) mass is 582 g/mol. The number of unbranched alkanes of at least 4 members (excludes halogenated alkanes) is 2. The van der Waals surface area contributed by atoms with Gasteiger partial charge in [0.2, 0.25) is 0 Å². The highest BCUT2D eigenvalue weighted by atomic mass is 16.5. The molecule has 6 heteroatoms. The first-order chi connectivity index (χ1) is 20.6. The maximum absolute atomic E-state index is 6.66. The van der Waals surface area contributed by atoms with Gasteiger partial charge in [-0.25, -0.2) is 4.99 Å². The minimum absolute atomic E-state index is 0.400. The number of hydrogen-bond donors (Lipinski definition) is 1. The number of nitrogens with zero attached hydrogens (tertiary/aromatic N) is 3. The second-order valence-corrected chi connectivity index (χ2v) is 12.1. The van der Waals surface area contributed by atoms with E-state index in [1.165, 1.54) is 18.4 Å². The predicted octanol–water partition coefficient (Wildman–Crippen LogP) is 9.25. The number of amidine groups is 1. The van der Waals surface area contributed by atoms with E-state index in [2.05, 4.69) is 75.3 Å². The highest BCUT2D eigenvalue weighted by Gasteiger charge is 2.23. The molecule has 0 bridgehead atoms. The van der Waals surface area contributed by atoms with Crippen LogP contribution in [0.4, 0.5) is 17.1 Å². The smallest absolute Gasteiger partial charge is 0.142 e. The largest absolute Gasteiger partial charge is 0.491 e. The molecule has 6 nitrogen and oxygen atoms in total. The highest BCUT2D eigenvalue weighted by molar-refractivity contribution is 6.01. The molecule has 2 N–H and O–H groups in total. The molecule has 0 aromatic heterocycles. The first kappa shape index (κ1) is 32.0. The molecule has 0 amide bonds. The second kappa shape index (κ2) is 14.5. The van der Waals surface area contributed by atoms with E-state index in [9.17, 15) is 0 Å². The minimum atomic E-state index is 0.400. The summed E-state index contributed by atoms with van der Waals surface area (Å²) in [7, 11) is 2.02. The zero-order valence-electron chi connectivity index (χ0n) is 27.2. The van der Waals surface area contributed by atoms with Gasteiger partial charge in [0.1, 0.15) is 23.1 Å². The Morgan fingerprint density at radius 2 is 1.93 bits per heavy atom. The van der Waals surface area contributed by atoms with E-state index in [-0.39, 0.29) is 0 Å². The fourth-order valence-corrected chi connectivity index (χ4v) is 5.61. The molecule has 1 aliphatic rings. The van der Waals surface area contributed by atoms with E-state index in [0.29, 0.717) is 17.7 Å². The number of rotatable bonds is 12. The molecular formula is C37H50N4O2. The third-order valence-electron chi connectivity index (χ3n) is 8.44. The Morgan fingerprint density at radius 1 is 1.14 bits per heavy atom. The van der Waals surface area contributed by atoms with E-state index in [1.54, 1.807) is 0 Å². The molecule has 0 aliphatic carbocycles. The highest BCUT2D eigenvalue weighted by Crippen LogP contribution is 2.37. The quantitative estimate of drug-likeness (QED) is 0.131. The summed E-state index contributed by atoms with van der Waals surface area (Å²) in [4.78, 5) is 9.36. The van der Waals surface area contributed by atoms with Crippen molar-refractivity contribution in [2.45, 2.75) is 73.1 Å². The normalized spacial score (nSPS) is 15.7. The summed E-state index contributed by atoms with van der Waals surface area (Å²) in [5.74, 6) is 3.91. The molecule has 1 heterocycles. The van der Waals surface area contributed by atoms with Gasteiger partial charge in [0.15, 0.2) is 0 Å². The average molecular weight is 583 g/mol. The molecule has 2 atom stereocenters. The predicted molar refractivity (Wildman–Crippen MR) is 183 cm³/mol. The van der Waals surface area contributed by atoms with Gasteiger partial charge in [-0.1, -0.05) is 47.1 Å². The summed E-state index contributed by atoms with van der Waals surface area (Å²) >= 11 is 0. The summed E-state index contributed by atoms with van der Waals surface area (Å²) in [5, 5.41) is 0. The molecule has 4 rings (SSSR count). The van der Waals surface area contributed by atoms with Crippen LogP contribution >= 0.6 is 0 Å². The van der Waals surface area contributed by atoms with Crippen LogP contribution < -0.4 is 25.0 Å². The Kier molecular flexibility index (Phi) is 10.8. The summed E-state index contributed by atoms with van der Waals surface area (Å²) in [6.07, 6.45) is 6.47. The van der Waals surface area contributed by atoms with Gasteiger partial charge in [0.05, 0.1) is 18.0 Å². The summed E-state index contributed by atoms with van der Waals surface area (Å²) in [5.41, 5.74) is 14.0. The fraction of sp³-hybridized carbons (Fsp3) is 0.432.